The van der Waals surface area contributed by atoms with Crippen molar-refractivity contribution in [1.82, 2.24) is 10.3 Å². The van der Waals surface area contributed by atoms with Crippen LogP contribution in [-0.4, -0.2) is 20.7 Å². The molecule has 0 saturated carbocycles. The minimum absolute atomic E-state index is 0.0989. The van der Waals surface area contributed by atoms with Gasteiger partial charge in [-0.15, -0.1) is 0 Å². The third-order valence-corrected chi connectivity index (χ3v) is 3.47. The largest absolute Gasteiger partial charge is 0.507 e. The molecule has 6 heteroatoms. The SMILES string of the molecule is CC(C)(C)NC(=S)Nc1ccc(O)c(-c2nc3ccccc3o2)c1. The zero-order valence-electron chi connectivity index (χ0n) is 13.8. The Morgan fingerprint density at radius 3 is 2.62 bits per heavy atom. The van der Waals surface area contributed by atoms with E-state index in [2.05, 4.69) is 15.6 Å². The molecule has 0 aliphatic rings. The first-order valence-corrected chi connectivity index (χ1v) is 8.01. The first-order valence-electron chi connectivity index (χ1n) is 7.60. The molecule has 1 aromatic heterocycles. The number of para-hydroxylation sites is 2. The zero-order chi connectivity index (χ0) is 17.3. The maximum absolute atomic E-state index is 10.2. The van der Waals surface area contributed by atoms with Gasteiger partial charge in [0.1, 0.15) is 11.3 Å². The van der Waals surface area contributed by atoms with Crippen molar-refractivity contribution in [1.29, 1.82) is 0 Å². The fourth-order valence-corrected chi connectivity index (χ4v) is 2.70. The number of phenols is 1. The number of hydrogen-bond acceptors (Lipinski definition) is 4. The summed E-state index contributed by atoms with van der Waals surface area (Å²) in [6.07, 6.45) is 0. The van der Waals surface area contributed by atoms with Crippen LogP contribution in [0.15, 0.2) is 46.9 Å². The van der Waals surface area contributed by atoms with Crippen molar-refractivity contribution >= 4 is 34.1 Å². The lowest BCUT2D eigenvalue weighted by atomic mass is 10.1. The lowest BCUT2D eigenvalue weighted by Gasteiger charge is -2.23. The molecule has 0 aliphatic carbocycles. The Balaban J connectivity index is 1.90. The second kappa shape index (κ2) is 6.13. The predicted octanol–water partition coefficient (Wildman–Crippen LogP) is 4.29. The minimum atomic E-state index is -0.135. The second-order valence-electron chi connectivity index (χ2n) is 6.55. The molecule has 0 bridgehead atoms. The standard InChI is InChI=1S/C18H19N3O2S/c1-18(2,3)21-17(24)19-11-8-9-14(22)12(10-11)16-20-13-6-4-5-7-15(13)23-16/h4-10,22H,1-3H3,(H2,19,21,24). The minimum Gasteiger partial charge on any atom is -0.507 e. The highest BCUT2D eigenvalue weighted by Crippen LogP contribution is 2.33. The number of aromatic hydroxyl groups is 1. The predicted molar refractivity (Wildman–Crippen MR) is 100 cm³/mol. The van der Waals surface area contributed by atoms with Crippen molar-refractivity contribution in [2.75, 3.05) is 5.32 Å². The average molecular weight is 341 g/mol. The van der Waals surface area contributed by atoms with Crippen LogP contribution >= 0.6 is 12.2 Å². The number of phenolic OH excluding ortho intramolecular Hbond substituents is 1. The van der Waals surface area contributed by atoms with E-state index in [9.17, 15) is 5.11 Å². The summed E-state index contributed by atoms with van der Waals surface area (Å²) in [5.41, 5.74) is 2.54. The van der Waals surface area contributed by atoms with Crippen LogP contribution in [0, 0.1) is 0 Å². The molecule has 5 nitrogen and oxygen atoms in total. The first-order chi connectivity index (χ1) is 11.3. The van der Waals surface area contributed by atoms with Crippen molar-refractivity contribution in [3.05, 3.63) is 42.5 Å². The summed E-state index contributed by atoms with van der Waals surface area (Å²) in [6.45, 7) is 6.09. The monoisotopic (exact) mass is 341 g/mol. The van der Waals surface area contributed by atoms with Crippen LogP contribution in [0.4, 0.5) is 5.69 Å². The highest BCUT2D eigenvalue weighted by molar-refractivity contribution is 7.80. The first kappa shape index (κ1) is 16.3. The summed E-state index contributed by atoms with van der Waals surface area (Å²) >= 11 is 5.31. The van der Waals surface area contributed by atoms with Gasteiger partial charge in [-0.25, -0.2) is 4.98 Å². The molecule has 0 amide bonds. The summed E-state index contributed by atoms with van der Waals surface area (Å²) in [7, 11) is 0. The van der Waals surface area contributed by atoms with Gasteiger partial charge in [-0.05, 0) is 63.3 Å². The van der Waals surface area contributed by atoms with Gasteiger partial charge in [0, 0.05) is 11.2 Å². The van der Waals surface area contributed by atoms with Crippen molar-refractivity contribution in [3.8, 4) is 17.2 Å². The summed E-state index contributed by atoms with van der Waals surface area (Å²) in [4.78, 5) is 4.42. The van der Waals surface area contributed by atoms with E-state index >= 15 is 0 Å². The van der Waals surface area contributed by atoms with E-state index in [1.807, 2.05) is 45.0 Å². The molecule has 124 valence electrons. The smallest absolute Gasteiger partial charge is 0.231 e. The Morgan fingerprint density at radius 1 is 1.17 bits per heavy atom. The number of oxazole rings is 1. The van der Waals surface area contributed by atoms with Crippen molar-refractivity contribution in [2.24, 2.45) is 0 Å². The molecular weight excluding hydrogens is 322 g/mol. The Labute approximate surface area is 145 Å². The Kier molecular flexibility index (Phi) is 4.15. The molecule has 3 rings (SSSR count). The van der Waals surface area contributed by atoms with E-state index < -0.39 is 0 Å². The molecule has 3 N–H and O–H groups in total. The number of nitrogens with zero attached hydrogens (tertiary/aromatic N) is 1. The maximum atomic E-state index is 10.2. The zero-order valence-corrected chi connectivity index (χ0v) is 14.6. The van der Waals surface area contributed by atoms with Crippen LogP contribution in [0.2, 0.25) is 0 Å². The molecule has 1 heterocycles. The van der Waals surface area contributed by atoms with Gasteiger partial charge in [0.25, 0.3) is 0 Å². The number of thiocarbonyl (C=S) groups is 1. The fourth-order valence-electron chi connectivity index (χ4n) is 2.28. The van der Waals surface area contributed by atoms with Crippen LogP contribution in [0.25, 0.3) is 22.6 Å². The van der Waals surface area contributed by atoms with Gasteiger partial charge < -0.3 is 20.2 Å². The number of fused-ring (bicyclic) bond motifs is 1. The lowest BCUT2D eigenvalue weighted by Crippen LogP contribution is -2.42. The molecule has 0 fully saturated rings. The van der Waals surface area contributed by atoms with Gasteiger partial charge >= 0.3 is 0 Å². The van der Waals surface area contributed by atoms with Crippen LogP contribution in [0.3, 0.4) is 0 Å². The molecule has 0 radical (unpaired) electrons. The Bertz CT molecular complexity index is 864. The quantitative estimate of drug-likeness (QED) is 0.477. The third kappa shape index (κ3) is 3.65. The molecule has 0 unspecified atom stereocenters. The van der Waals surface area contributed by atoms with Gasteiger partial charge in [-0.3, -0.25) is 0 Å². The number of anilines is 1. The van der Waals surface area contributed by atoms with Gasteiger partial charge in [0.05, 0.1) is 5.56 Å². The maximum Gasteiger partial charge on any atom is 0.231 e. The molecular formula is C18H19N3O2S. The summed E-state index contributed by atoms with van der Waals surface area (Å²) in [6, 6.07) is 12.6. The van der Waals surface area contributed by atoms with E-state index in [0.717, 1.165) is 11.2 Å². The van der Waals surface area contributed by atoms with E-state index in [1.165, 1.54) is 0 Å². The van der Waals surface area contributed by atoms with Crippen molar-refractivity contribution in [2.45, 2.75) is 26.3 Å². The molecule has 0 atom stereocenters. The van der Waals surface area contributed by atoms with Crippen molar-refractivity contribution < 1.29 is 9.52 Å². The third-order valence-electron chi connectivity index (χ3n) is 3.27. The van der Waals surface area contributed by atoms with E-state index in [0.29, 0.717) is 22.1 Å². The molecule has 0 spiro atoms. The van der Waals surface area contributed by atoms with Crippen LogP contribution in [0.5, 0.6) is 5.75 Å². The van der Waals surface area contributed by atoms with E-state index in [4.69, 9.17) is 16.6 Å². The molecule has 0 aliphatic heterocycles. The number of nitrogens with one attached hydrogen (secondary N) is 2. The number of aromatic nitrogens is 1. The highest BCUT2D eigenvalue weighted by atomic mass is 32.1. The van der Waals surface area contributed by atoms with E-state index in [-0.39, 0.29) is 11.3 Å². The highest BCUT2D eigenvalue weighted by Gasteiger charge is 2.15. The van der Waals surface area contributed by atoms with Gasteiger partial charge in [0.2, 0.25) is 5.89 Å². The number of benzene rings is 2. The van der Waals surface area contributed by atoms with E-state index in [1.54, 1.807) is 18.2 Å². The van der Waals surface area contributed by atoms with Crippen LogP contribution in [0.1, 0.15) is 20.8 Å². The Morgan fingerprint density at radius 2 is 1.92 bits per heavy atom. The van der Waals surface area contributed by atoms with Crippen LogP contribution < -0.4 is 10.6 Å². The second-order valence-corrected chi connectivity index (χ2v) is 6.96. The lowest BCUT2D eigenvalue weighted by molar-refractivity contribution is 0.474. The van der Waals surface area contributed by atoms with Gasteiger partial charge in [0.15, 0.2) is 10.7 Å². The van der Waals surface area contributed by atoms with Gasteiger partial charge in [-0.2, -0.15) is 0 Å². The average Bonchev–Trinajstić information content (AvgIpc) is 2.91. The molecule has 2 aromatic carbocycles. The summed E-state index contributed by atoms with van der Waals surface area (Å²) in [5, 5.41) is 17.0. The fraction of sp³-hybridized carbons (Fsp3) is 0.222. The number of hydrogen-bond donors (Lipinski definition) is 3. The van der Waals surface area contributed by atoms with Gasteiger partial charge in [-0.1, -0.05) is 12.1 Å². The topological polar surface area (TPSA) is 70.3 Å². The summed E-state index contributed by atoms with van der Waals surface area (Å²) in [5.74, 6) is 0.467. The van der Waals surface area contributed by atoms with Crippen LogP contribution in [-0.2, 0) is 0 Å². The molecule has 3 aromatic rings. The number of rotatable bonds is 2. The normalized spacial score (nSPS) is 11.5. The molecule has 24 heavy (non-hydrogen) atoms. The van der Waals surface area contributed by atoms with Crippen molar-refractivity contribution in [3.63, 3.8) is 0 Å². The summed E-state index contributed by atoms with van der Waals surface area (Å²) < 4.78 is 5.73. The Hall–Kier alpha value is -2.60. The molecule has 0 saturated heterocycles.